The van der Waals surface area contributed by atoms with E-state index in [0.717, 1.165) is 42.9 Å². The number of benzene rings is 1. The molecule has 1 heterocycles. The molecular formula is C22H29Cl2N3O. The molecule has 1 aromatic heterocycles. The van der Waals surface area contributed by atoms with Crippen molar-refractivity contribution < 1.29 is 4.79 Å². The molecule has 4 nitrogen and oxygen atoms in total. The average Bonchev–Trinajstić information content (AvgIpc) is 3.04. The predicted molar refractivity (Wildman–Crippen MR) is 115 cm³/mol. The van der Waals surface area contributed by atoms with Gasteiger partial charge in [-0.1, -0.05) is 57.0 Å². The van der Waals surface area contributed by atoms with Crippen LogP contribution in [0.25, 0.3) is 0 Å². The molecule has 3 rings (SSSR count). The molecule has 2 aromatic rings. The number of nitrogens with one attached hydrogen (secondary N) is 1. The first kappa shape index (κ1) is 21.2. The highest BCUT2D eigenvalue weighted by Crippen LogP contribution is 2.27. The van der Waals surface area contributed by atoms with E-state index in [2.05, 4.69) is 33.0 Å². The van der Waals surface area contributed by atoms with Crippen LogP contribution in [0.1, 0.15) is 75.1 Å². The van der Waals surface area contributed by atoms with Gasteiger partial charge in [0.15, 0.2) is 0 Å². The van der Waals surface area contributed by atoms with Gasteiger partial charge in [-0.15, -0.1) is 0 Å². The molecule has 0 radical (unpaired) electrons. The van der Waals surface area contributed by atoms with Gasteiger partial charge >= 0.3 is 0 Å². The van der Waals surface area contributed by atoms with Crippen LogP contribution in [0.3, 0.4) is 0 Å². The summed E-state index contributed by atoms with van der Waals surface area (Å²) in [4.78, 5) is 13.1. The normalized spacial score (nSPS) is 20.2. The Morgan fingerprint density at radius 3 is 2.46 bits per heavy atom. The second kappa shape index (κ2) is 8.46. The van der Waals surface area contributed by atoms with Crippen LogP contribution < -0.4 is 5.32 Å². The summed E-state index contributed by atoms with van der Waals surface area (Å²) in [5.74, 6) is 0.686. The number of hydrogen-bond donors (Lipinski definition) is 1. The van der Waals surface area contributed by atoms with Crippen LogP contribution in [0, 0.1) is 5.92 Å². The van der Waals surface area contributed by atoms with E-state index < -0.39 is 0 Å². The third kappa shape index (κ3) is 5.09. The molecule has 1 aliphatic rings. The van der Waals surface area contributed by atoms with Crippen LogP contribution in [-0.2, 0) is 12.0 Å². The molecule has 0 spiro atoms. The van der Waals surface area contributed by atoms with Crippen LogP contribution in [0.5, 0.6) is 0 Å². The summed E-state index contributed by atoms with van der Waals surface area (Å²) >= 11 is 12.4. The molecule has 1 amide bonds. The third-order valence-electron chi connectivity index (χ3n) is 5.47. The van der Waals surface area contributed by atoms with Crippen LogP contribution in [0.15, 0.2) is 24.3 Å². The molecule has 0 bridgehead atoms. The number of carbonyl (C=O) groups excluding carboxylic acids is 1. The van der Waals surface area contributed by atoms with E-state index in [0.29, 0.717) is 22.3 Å². The Hall–Kier alpha value is -1.52. The standard InChI is InChI=1S/C22H29Cl2N3O/c1-14-5-9-17(10-6-14)25-21(28)19-12-20(22(2,3)4)26-27(19)13-15-7-8-16(23)11-18(15)24/h7-8,11-12,14,17H,5-6,9-10,13H2,1-4H3,(H,25,28). The minimum atomic E-state index is -0.148. The second-order valence-corrected chi connectivity index (χ2v) is 9.83. The van der Waals surface area contributed by atoms with Crippen molar-refractivity contribution in [3.63, 3.8) is 0 Å². The molecule has 1 fully saturated rings. The lowest BCUT2D eigenvalue weighted by Crippen LogP contribution is -2.38. The zero-order valence-corrected chi connectivity index (χ0v) is 18.6. The monoisotopic (exact) mass is 421 g/mol. The minimum Gasteiger partial charge on any atom is -0.348 e. The second-order valence-electron chi connectivity index (χ2n) is 8.99. The van der Waals surface area contributed by atoms with Gasteiger partial charge in [0, 0.05) is 21.5 Å². The number of rotatable bonds is 4. The summed E-state index contributed by atoms with van der Waals surface area (Å²) in [7, 11) is 0. The SMILES string of the molecule is CC1CCC(NC(=O)c2cc(C(C)(C)C)nn2Cc2ccc(Cl)cc2Cl)CC1. The fourth-order valence-electron chi connectivity index (χ4n) is 3.56. The molecule has 1 saturated carbocycles. The maximum Gasteiger partial charge on any atom is 0.269 e. The van der Waals surface area contributed by atoms with E-state index in [1.54, 1.807) is 16.8 Å². The molecule has 28 heavy (non-hydrogen) atoms. The van der Waals surface area contributed by atoms with E-state index in [-0.39, 0.29) is 17.4 Å². The summed E-state index contributed by atoms with van der Waals surface area (Å²) in [5, 5.41) is 9.12. The Labute approximate surface area is 177 Å². The van der Waals surface area contributed by atoms with Crippen molar-refractivity contribution in [2.75, 3.05) is 0 Å². The number of hydrogen-bond acceptors (Lipinski definition) is 2. The number of nitrogens with zero attached hydrogens (tertiary/aromatic N) is 2. The highest BCUT2D eigenvalue weighted by Gasteiger charge is 2.26. The van der Waals surface area contributed by atoms with E-state index in [1.165, 1.54) is 0 Å². The van der Waals surface area contributed by atoms with Gasteiger partial charge in [0.2, 0.25) is 0 Å². The van der Waals surface area contributed by atoms with Crippen LogP contribution >= 0.6 is 23.2 Å². The largest absolute Gasteiger partial charge is 0.348 e. The zero-order valence-electron chi connectivity index (χ0n) is 17.1. The lowest BCUT2D eigenvalue weighted by atomic mass is 9.87. The smallest absolute Gasteiger partial charge is 0.269 e. The van der Waals surface area contributed by atoms with E-state index in [4.69, 9.17) is 28.3 Å². The topological polar surface area (TPSA) is 46.9 Å². The maximum absolute atomic E-state index is 13.1. The summed E-state index contributed by atoms with van der Waals surface area (Å²) in [6.45, 7) is 8.99. The van der Waals surface area contributed by atoms with Crippen molar-refractivity contribution in [1.82, 2.24) is 15.1 Å². The average molecular weight is 422 g/mol. The van der Waals surface area contributed by atoms with E-state index in [9.17, 15) is 4.79 Å². The third-order valence-corrected chi connectivity index (χ3v) is 6.05. The number of halogens is 2. The lowest BCUT2D eigenvalue weighted by molar-refractivity contribution is 0.0912. The fourth-order valence-corrected chi connectivity index (χ4v) is 4.03. The Bertz CT molecular complexity index is 846. The Kier molecular flexibility index (Phi) is 6.41. The molecule has 0 atom stereocenters. The first-order valence-electron chi connectivity index (χ1n) is 9.96. The van der Waals surface area contributed by atoms with Gasteiger partial charge in [-0.2, -0.15) is 5.10 Å². The predicted octanol–water partition coefficient (Wildman–Crippen LogP) is 5.84. The van der Waals surface area contributed by atoms with Crippen molar-refractivity contribution in [2.24, 2.45) is 5.92 Å². The van der Waals surface area contributed by atoms with Gasteiger partial charge in [-0.25, -0.2) is 0 Å². The van der Waals surface area contributed by atoms with Crippen LogP contribution in [0.4, 0.5) is 0 Å². The summed E-state index contributed by atoms with van der Waals surface area (Å²) < 4.78 is 1.76. The van der Waals surface area contributed by atoms with E-state index >= 15 is 0 Å². The molecule has 1 aliphatic carbocycles. The summed E-state index contributed by atoms with van der Waals surface area (Å²) in [6.07, 6.45) is 4.40. The first-order valence-corrected chi connectivity index (χ1v) is 10.7. The molecular weight excluding hydrogens is 393 g/mol. The molecule has 0 unspecified atom stereocenters. The quantitative estimate of drug-likeness (QED) is 0.673. The van der Waals surface area contributed by atoms with E-state index in [1.807, 2.05) is 12.1 Å². The zero-order chi connectivity index (χ0) is 20.5. The Morgan fingerprint density at radius 1 is 1.18 bits per heavy atom. The summed E-state index contributed by atoms with van der Waals surface area (Å²) in [6, 6.07) is 7.55. The number of amides is 1. The van der Waals surface area contributed by atoms with Crippen molar-refractivity contribution in [1.29, 1.82) is 0 Å². The molecule has 1 aromatic carbocycles. The van der Waals surface area contributed by atoms with Crippen molar-refractivity contribution >= 4 is 29.1 Å². The highest BCUT2D eigenvalue weighted by atomic mass is 35.5. The summed E-state index contributed by atoms with van der Waals surface area (Å²) in [5.41, 5.74) is 2.20. The molecule has 0 aliphatic heterocycles. The highest BCUT2D eigenvalue weighted by molar-refractivity contribution is 6.35. The molecule has 1 N–H and O–H groups in total. The van der Waals surface area contributed by atoms with Gasteiger partial charge in [0.25, 0.3) is 5.91 Å². The molecule has 0 saturated heterocycles. The fraction of sp³-hybridized carbons (Fsp3) is 0.545. The van der Waals surface area contributed by atoms with Crippen LogP contribution in [0.2, 0.25) is 10.0 Å². The number of carbonyl (C=O) groups is 1. The molecule has 6 heteroatoms. The van der Waals surface area contributed by atoms with Crippen molar-refractivity contribution in [3.8, 4) is 0 Å². The Balaban J connectivity index is 1.86. The van der Waals surface area contributed by atoms with Crippen LogP contribution in [-0.4, -0.2) is 21.7 Å². The van der Waals surface area contributed by atoms with Gasteiger partial charge in [0.1, 0.15) is 5.69 Å². The van der Waals surface area contributed by atoms with Crippen molar-refractivity contribution in [2.45, 2.75) is 71.4 Å². The lowest BCUT2D eigenvalue weighted by Gasteiger charge is -2.26. The van der Waals surface area contributed by atoms with Gasteiger partial charge in [-0.05, 0) is 55.4 Å². The minimum absolute atomic E-state index is 0.0624. The maximum atomic E-state index is 13.1. The first-order chi connectivity index (χ1) is 13.1. The van der Waals surface area contributed by atoms with Gasteiger partial charge in [-0.3, -0.25) is 9.48 Å². The Morgan fingerprint density at radius 2 is 1.86 bits per heavy atom. The van der Waals surface area contributed by atoms with Crippen molar-refractivity contribution in [3.05, 3.63) is 51.3 Å². The van der Waals surface area contributed by atoms with Gasteiger partial charge < -0.3 is 5.32 Å². The number of aromatic nitrogens is 2. The van der Waals surface area contributed by atoms with Gasteiger partial charge in [0.05, 0.1) is 12.2 Å². The molecule has 152 valence electrons.